The molecule has 0 radical (unpaired) electrons. The largest absolute Gasteiger partial charge is 0.379 e. The van der Waals surface area contributed by atoms with Crippen molar-refractivity contribution in [2.24, 2.45) is 0 Å². The Morgan fingerprint density at radius 1 is 1.00 bits per heavy atom. The molecule has 0 unspecified atom stereocenters. The lowest BCUT2D eigenvalue weighted by atomic mass is 10.4. The van der Waals surface area contributed by atoms with Crippen molar-refractivity contribution < 1.29 is 4.74 Å². The van der Waals surface area contributed by atoms with Gasteiger partial charge in [-0.3, -0.25) is 0 Å². The number of hydrogen-bond acceptors (Lipinski definition) is 4. The Hall–Kier alpha value is -0.160. The highest BCUT2D eigenvalue weighted by atomic mass is 16.5. The molecule has 0 fully saturated rings. The predicted molar refractivity (Wildman–Crippen MR) is 65.4 cm³/mol. The number of nitrogens with one attached hydrogen (secondary N) is 1. The average molecular weight is 217 g/mol. The molecule has 0 atom stereocenters. The van der Waals surface area contributed by atoms with Crippen LogP contribution in [0.4, 0.5) is 0 Å². The Morgan fingerprint density at radius 2 is 1.67 bits per heavy atom. The zero-order chi connectivity index (χ0) is 11.5. The van der Waals surface area contributed by atoms with Crippen molar-refractivity contribution in [1.82, 2.24) is 15.1 Å². The standard InChI is InChI=1S/C11H27N3O/c1-12-6-5-7-14(4)9-11-15-10-8-13(2)3/h12H,5-11H2,1-4H3. The minimum absolute atomic E-state index is 0.831. The second-order valence-corrected chi connectivity index (χ2v) is 4.18. The Labute approximate surface area is 94.6 Å². The van der Waals surface area contributed by atoms with E-state index in [1.807, 2.05) is 7.05 Å². The zero-order valence-electron chi connectivity index (χ0n) is 10.8. The smallest absolute Gasteiger partial charge is 0.0593 e. The minimum Gasteiger partial charge on any atom is -0.379 e. The van der Waals surface area contributed by atoms with Gasteiger partial charge in [0.25, 0.3) is 0 Å². The van der Waals surface area contributed by atoms with Crippen molar-refractivity contribution in [2.75, 3.05) is 67.6 Å². The van der Waals surface area contributed by atoms with Crippen LogP contribution in [-0.4, -0.2) is 77.4 Å². The Bertz CT molecular complexity index is 131. The summed E-state index contributed by atoms with van der Waals surface area (Å²) in [4.78, 5) is 4.45. The molecule has 15 heavy (non-hydrogen) atoms. The van der Waals surface area contributed by atoms with Gasteiger partial charge in [-0.05, 0) is 47.7 Å². The Kier molecular flexibility index (Phi) is 10.3. The first kappa shape index (κ1) is 14.8. The summed E-state index contributed by atoms with van der Waals surface area (Å²) in [6.07, 6.45) is 1.20. The van der Waals surface area contributed by atoms with Gasteiger partial charge < -0.3 is 19.9 Å². The van der Waals surface area contributed by atoms with Gasteiger partial charge in [0.15, 0.2) is 0 Å². The lowest BCUT2D eigenvalue weighted by Crippen LogP contribution is -2.27. The lowest BCUT2D eigenvalue weighted by Gasteiger charge is -2.16. The maximum Gasteiger partial charge on any atom is 0.0593 e. The molecule has 0 saturated carbocycles. The molecule has 4 heteroatoms. The van der Waals surface area contributed by atoms with Gasteiger partial charge in [-0.1, -0.05) is 0 Å². The van der Waals surface area contributed by atoms with Crippen LogP contribution in [0.2, 0.25) is 0 Å². The summed E-state index contributed by atoms with van der Waals surface area (Å²) in [5.74, 6) is 0. The summed E-state index contributed by atoms with van der Waals surface area (Å²) < 4.78 is 5.52. The van der Waals surface area contributed by atoms with E-state index >= 15 is 0 Å². The maximum atomic E-state index is 5.52. The number of nitrogens with zero attached hydrogens (tertiary/aromatic N) is 2. The molecule has 0 aliphatic heterocycles. The molecule has 0 heterocycles. The Balaban J connectivity index is 3.13. The molecule has 0 saturated heterocycles. The molecule has 0 spiro atoms. The van der Waals surface area contributed by atoms with Crippen LogP contribution in [-0.2, 0) is 4.74 Å². The SMILES string of the molecule is CNCCCN(C)CCOCCN(C)C. The van der Waals surface area contributed by atoms with E-state index in [9.17, 15) is 0 Å². The highest BCUT2D eigenvalue weighted by molar-refractivity contribution is 4.52. The van der Waals surface area contributed by atoms with Crippen LogP contribution in [0.1, 0.15) is 6.42 Å². The molecule has 0 bridgehead atoms. The van der Waals surface area contributed by atoms with E-state index in [1.165, 1.54) is 6.42 Å². The van der Waals surface area contributed by atoms with Gasteiger partial charge >= 0.3 is 0 Å². The molecule has 1 N–H and O–H groups in total. The highest BCUT2D eigenvalue weighted by Crippen LogP contribution is 1.87. The molecular weight excluding hydrogens is 190 g/mol. The molecule has 0 aliphatic carbocycles. The highest BCUT2D eigenvalue weighted by Gasteiger charge is 1.97. The van der Waals surface area contributed by atoms with Gasteiger partial charge in [-0.15, -0.1) is 0 Å². The first-order valence-electron chi connectivity index (χ1n) is 5.72. The van der Waals surface area contributed by atoms with Crippen LogP contribution in [0, 0.1) is 0 Å². The summed E-state index contributed by atoms with van der Waals surface area (Å²) in [7, 11) is 8.26. The topological polar surface area (TPSA) is 27.7 Å². The van der Waals surface area contributed by atoms with E-state index < -0.39 is 0 Å². The van der Waals surface area contributed by atoms with Crippen LogP contribution < -0.4 is 5.32 Å². The number of ether oxygens (including phenoxy) is 1. The van der Waals surface area contributed by atoms with Crippen LogP contribution in [0.3, 0.4) is 0 Å². The fourth-order valence-electron chi connectivity index (χ4n) is 1.21. The summed E-state index contributed by atoms with van der Waals surface area (Å²) in [6.45, 7) is 5.92. The second-order valence-electron chi connectivity index (χ2n) is 4.18. The fraction of sp³-hybridized carbons (Fsp3) is 1.00. The minimum atomic E-state index is 0.831. The molecule has 0 rings (SSSR count). The van der Waals surface area contributed by atoms with E-state index in [0.717, 1.165) is 39.4 Å². The third kappa shape index (κ3) is 11.8. The molecule has 4 nitrogen and oxygen atoms in total. The first-order chi connectivity index (χ1) is 7.16. The Morgan fingerprint density at radius 3 is 2.27 bits per heavy atom. The van der Waals surface area contributed by atoms with Gasteiger partial charge in [0.1, 0.15) is 0 Å². The summed E-state index contributed by atoms with van der Waals surface area (Å²) in [5.41, 5.74) is 0. The van der Waals surface area contributed by atoms with Crippen molar-refractivity contribution in [2.45, 2.75) is 6.42 Å². The van der Waals surface area contributed by atoms with Crippen LogP contribution in [0.25, 0.3) is 0 Å². The van der Waals surface area contributed by atoms with Gasteiger partial charge in [0.05, 0.1) is 13.2 Å². The zero-order valence-corrected chi connectivity index (χ0v) is 10.8. The van der Waals surface area contributed by atoms with Crippen molar-refractivity contribution in [3.05, 3.63) is 0 Å². The molecule has 0 aromatic heterocycles. The summed E-state index contributed by atoms with van der Waals surface area (Å²) in [6, 6.07) is 0. The van der Waals surface area contributed by atoms with Crippen LogP contribution >= 0.6 is 0 Å². The van der Waals surface area contributed by atoms with Gasteiger partial charge in [0.2, 0.25) is 0 Å². The van der Waals surface area contributed by atoms with E-state index in [4.69, 9.17) is 4.74 Å². The molecular formula is C11H27N3O. The van der Waals surface area contributed by atoms with E-state index in [2.05, 4.69) is 36.3 Å². The van der Waals surface area contributed by atoms with Gasteiger partial charge in [-0.25, -0.2) is 0 Å². The number of likely N-dealkylation sites (N-methyl/N-ethyl adjacent to an activating group) is 2. The van der Waals surface area contributed by atoms with E-state index in [1.54, 1.807) is 0 Å². The number of rotatable bonds is 10. The van der Waals surface area contributed by atoms with Crippen molar-refractivity contribution in [1.29, 1.82) is 0 Å². The van der Waals surface area contributed by atoms with Crippen molar-refractivity contribution in [3.8, 4) is 0 Å². The quantitative estimate of drug-likeness (QED) is 0.526. The number of hydrogen-bond donors (Lipinski definition) is 1. The van der Waals surface area contributed by atoms with Crippen molar-refractivity contribution >= 4 is 0 Å². The average Bonchev–Trinajstić information content (AvgIpc) is 2.17. The maximum absolute atomic E-state index is 5.52. The monoisotopic (exact) mass is 217 g/mol. The fourth-order valence-corrected chi connectivity index (χ4v) is 1.21. The van der Waals surface area contributed by atoms with Crippen LogP contribution in [0.5, 0.6) is 0 Å². The van der Waals surface area contributed by atoms with E-state index in [0.29, 0.717) is 0 Å². The molecule has 0 aliphatic rings. The molecule has 0 amide bonds. The van der Waals surface area contributed by atoms with Gasteiger partial charge in [-0.2, -0.15) is 0 Å². The van der Waals surface area contributed by atoms with E-state index in [-0.39, 0.29) is 0 Å². The molecule has 0 aromatic carbocycles. The third-order valence-electron chi connectivity index (χ3n) is 2.27. The third-order valence-corrected chi connectivity index (χ3v) is 2.27. The second kappa shape index (κ2) is 10.4. The van der Waals surface area contributed by atoms with Crippen LogP contribution in [0.15, 0.2) is 0 Å². The summed E-state index contributed by atoms with van der Waals surface area (Å²) >= 11 is 0. The predicted octanol–water partition coefficient (Wildman–Crippen LogP) is 0.106. The van der Waals surface area contributed by atoms with Crippen molar-refractivity contribution in [3.63, 3.8) is 0 Å². The normalized spacial score (nSPS) is 11.6. The lowest BCUT2D eigenvalue weighted by molar-refractivity contribution is 0.0986. The first-order valence-corrected chi connectivity index (χ1v) is 5.72. The van der Waals surface area contributed by atoms with Gasteiger partial charge in [0, 0.05) is 13.1 Å². The summed E-state index contributed by atoms with van der Waals surface area (Å²) in [5, 5.41) is 3.15. The molecule has 0 aromatic rings. The molecule has 92 valence electrons.